The van der Waals surface area contributed by atoms with Gasteiger partial charge in [-0.25, -0.2) is 4.79 Å². The second-order valence-electron chi connectivity index (χ2n) is 7.87. The van der Waals surface area contributed by atoms with Crippen LogP contribution >= 0.6 is 23.2 Å². The van der Waals surface area contributed by atoms with E-state index in [1.165, 1.54) is 6.07 Å². The minimum absolute atomic E-state index is 0.252. The fourth-order valence-electron chi connectivity index (χ4n) is 3.84. The SMILES string of the molecule is CC1(c2ccc(Cl)cc2Cl)NC(=O)N(CC(=O)N(Cc2ccccc2)c2ccccc2)C1=O. The fourth-order valence-corrected chi connectivity index (χ4v) is 4.43. The van der Waals surface area contributed by atoms with E-state index in [0.717, 1.165) is 10.5 Å². The molecule has 1 N–H and O–H groups in total. The van der Waals surface area contributed by atoms with Gasteiger partial charge in [0.15, 0.2) is 0 Å². The largest absolute Gasteiger partial charge is 0.325 e. The molecule has 4 amide bonds. The molecular weight excluding hydrogens is 461 g/mol. The quantitative estimate of drug-likeness (QED) is 0.503. The number of carbonyl (C=O) groups is 3. The highest BCUT2D eigenvalue weighted by molar-refractivity contribution is 6.35. The van der Waals surface area contributed by atoms with Gasteiger partial charge in [0.25, 0.3) is 5.91 Å². The van der Waals surface area contributed by atoms with Gasteiger partial charge in [0.2, 0.25) is 5.91 Å². The summed E-state index contributed by atoms with van der Waals surface area (Å²) in [4.78, 5) is 41.9. The van der Waals surface area contributed by atoms with Crippen molar-refractivity contribution in [2.45, 2.75) is 19.0 Å². The molecule has 1 fully saturated rings. The maximum atomic E-state index is 13.4. The Kier molecular flexibility index (Phi) is 6.40. The van der Waals surface area contributed by atoms with Crippen LogP contribution in [0, 0.1) is 0 Å². The first kappa shape index (κ1) is 22.8. The number of para-hydroxylation sites is 1. The molecule has 3 aromatic carbocycles. The van der Waals surface area contributed by atoms with E-state index in [2.05, 4.69) is 5.32 Å². The number of amides is 4. The second kappa shape index (κ2) is 9.25. The zero-order chi connectivity index (χ0) is 23.6. The number of hydrogen-bond donors (Lipinski definition) is 1. The molecule has 0 bridgehead atoms. The van der Waals surface area contributed by atoms with Crippen molar-refractivity contribution in [2.24, 2.45) is 0 Å². The van der Waals surface area contributed by atoms with E-state index in [1.807, 2.05) is 60.7 Å². The molecule has 168 valence electrons. The lowest BCUT2D eigenvalue weighted by atomic mass is 9.92. The lowest BCUT2D eigenvalue weighted by Gasteiger charge is -2.26. The third kappa shape index (κ3) is 4.58. The van der Waals surface area contributed by atoms with Crippen molar-refractivity contribution < 1.29 is 14.4 Å². The molecule has 8 heteroatoms. The summed E-state index contributed by atoms with van der Waals surface area (Å²) >= 11 is 12.3. The Morgan fingerprint density at radius 1 is 0.970 bits per heavy atom. The van der Waals surface area contributed by atoms with Gasteiger partial charge in [-0.2, -0.15) is 0 Å². The summed E-state index contributed by atoms with van der Waals surface area (Å²) in [5.74, 6) is -0.946. The van der Waals surface area contributed by atoms with Crippen LogP contribution in [0.1, 0.15) is 18.1 Å². The third-order valence-corrected chi connectivity index (χ3v) is 6.14. The summed E-state index contributed by atoms with van der Waals surface area (Å²) in [6.45, 7) is 1.45. The maximum absolute atomic E-state index is 13.4. The number of nitrogens with zero attached hydrogens (tertiary/aromatic N) is 2. The van der Waals surface area contributed by atoms with Gasteiger partial charge in [-0.15, -0.1) is 0 Å². The third-order valence-electron chi connectivity index (χ3n) is 5.59. The van der Waals surface area contributed by atoms with Crippen molar-refractivity contribution >= 4 is 46.7 Å². The number of urea groups is 1. The van der Waals surface area contributed by atoms with Crippen LogP contribution in [0.15, 0.2) is 78.9 Å². The standard InChI is InChI=1S/C25H21Cl2N3O3/c1-25(20-13-12-18(26)14-21(20)27)23(32)30(24(33)28-25)16-22(31)29(19-10-6-3-7-11-19)15-17-8-4-2-5-9-17/h2-14H,15-16H2,1H3,(H,28,33). The maximum Gasteiger partial charge on any atom is 0.325 e. The second-order valence-corrected chi connectivity index (χ2v) is 8.72. The normalized spacial score (nSPS) is 17.7. The van der Waals surface area contributed by atoms with Gasteiger partial charge >= 0.3 is 6.03 Å². The van der Waals surface area contributed by atoms with E-state index in [-0.39, 0.29) is 10.9 Å². The topological polar surface area (TPSA) is 69.7 Å². The highest BCUT2D eigenvalue weighted by Gasteiger charge is 2.50. The van der Waals surface area contributed by atoms with Crippen molar-refractivity contribution in [3.8, 4) is 0 Å². The lowest BCUT2D eigenvalue weighted by molar-refractivity contribution is -0.134. The number of rotatable bonds is 6. The smallest absolute Gasteiger partial charge is 0.319 e. The van der Waals surface area contributed by atoms with Crippen molar-refractivity contribution in [3.63, 3.8) is 0 Å². The summed E-state index contributed by atoms with van der Waals surface area (Å²) < 4.78 is 0. The first-order chi connectivity index (χ1) is 15.8. The predicted molar refractivity (Wildman–Crippen MR) is 128 cm³/mol. The van der Waals surface area contributed by atoms with Gasteiger partial charge in [0, 0.05) is 21.3 Å². The van der Waals surface area contributed by atoms with Crippen LogP contribution in [0.2, 0.25) is 10.0 Å². The van der Waals surface area contributed by atoms with Gasteiger partial charge in [-0.05, 0) is 36.8 Å². The average molecular weight is 482 g/mol. The first-order valence-electron chi connectivity index (χ1n) is 10.3. The van der Waals surface area contributed by atoms with Crippen LogP contribution < -0.4 is 10.2 Å². The molecule has 0 aliphatic carbocycles. The number of hydrogen-bond acceptors (Lipinski definition) is 3. The van der Waals surface area contributed by atoms with Crippen LogP contribution in [0.4, 0.5) is 10.5 Å². The van der Waals surface area contributed by atoms with E-state index >= 15 is 0 Å². The van der Waals surface area contributed by atoms with E-state index in [0.29, 0.717) is 22.8 Å². The Bertz CT molecular complexity index is 1200. The van der Waals surface area contributed by atoms with Crippen LogP contribution in [0.5, 0.6) is 0 Å². The molecule has 0 radical (unpaired) electrons. The molecular formula is C25H21Cl2N3O3. The highest BCUT2D eigenvalue weighted by atomic mass is 35.5. The van der Waals surface area contributed by atoms with Crippen LogP contribution in [-0.4, -0.2) is 29.3 Å². The lowest BCUT2D eigenvalue weighted by Crippen LogP contribution is -2.44. The summed E-state index contributed by atoms with van der Waals surface area (Å²) in [5, 5.41) is 3.34. The van der Waals surface area contributed by atoms with Crippen LogP contribution in [0.25, 0.3) is 0 Å². The van der Waals surface area contributed by atoms with E-state index < -0.39 is 24.0 Å². The molecule has 0 saturated carbocycles. The van der Waals surface area contributed by atoms with E-state index in [9.17, 15) is 14.4 Å². The molecule has 1 aliphatic heterocycles. The number of carbonyl (C=O) groups excluding carboxylic acids is 3. The number of halogens is 2. The molecule has 3 aromatic rings. The van der Waals surface area contributed by atoms with Gasteiger partial charge in [0.05, 0.1) is 6.54 Å². The Hall–Kier alpha value is -3.35. The number of anilines is 1. The highest BCUT2D eigenvalue weighted by Crippen LogP contribution is 2.35. The minimum atomic E-state index is -1.41. The summed E-state index contributed by atoms with van der Waals surface area (Å²) in [5.41, 5.74) is 0.591. The molecule has 0 aromatic heterocycles. The average Bonchev–Trinajstić information content (AvgIpc) is 3.02. The Morgan fingerprint density at radius 2 is 1.61 bits per heavy atom. The molecule has 0 spiro atoms. The number of benzene rings is 3. The minimum Gasteiger partial charge on any atom is -0.319 e. The first-order valence-corrected chi connectivity index (χ1v) is 11.0. The van der Waals surface area contributed by atoms with E-state index in [4.69, 9.17) is 23.2 Å². The monoisotopic (exact) mass is 481 g/mol. The molecule has 1 atom stereocenters. The van der Waals surface area contributed by atoms with Crippen molar-refractivity contribution in [2.75, 3.05) is 11.4 Å². The summed E-state index contributed by atoms with van der Waals surface area (Å²) in [6.07, 6.45) is 0. The molecule has 6 nitrogen and oxygen atoms in total. The predicted octanol–water partition coefficient (Wildman–Crippen LogP) is 4.99. The van der Waals surface area contributed by atoms with E-state index in [1.54, 1.807) is 24.0 Å². The molecule has 4 rings (SSSR count). The fraction of sp³-hybridized carbons (Fsp3) is 0.160. The van der Waals surface area contributed by atoms with Crippen molar-refractivity contribution in [1.29, 1.82) is 0 Å². The van der Waals surface area contributed by atoms with Gasteiger partial charge in [-0.1, -0.05) is 77.8 Å². The number of nitrogens with one attached hydrogen (secondary N) is 1. The van der Waals surface area contributed by atoms with Gasteiger partial charge < -0.3 is 10.2 Å². The van der Waals surface area contributed by atoms with Crippen molar-refractivity contribution in [3.05, 3.63) is 100 Å². The Balaban J connectivity index is 1.60. The summed E-state index contributed by atoms with van der Waals surface area (Å²) in [7, 11) is 0. The molecule has 1 unspecified atom stereocenters. The zero-order valence-electron chi connectivity index (χ0n) is 17.8. The Morgan fingerprint density at radius 3 is 2.24 bits per heavy atom. The molecule has 1 saturated heterocycles. The molecule has 33 heavy (non-hydrogen) atoms. The van der Waals surface area contributed by atoms with Crippen LogP contribution in [0.3, 0.4) is 0 Å². The van der Waals surface area contributed by atoms with Gasteiger partial charge in [-0.3, -0.25) is 14.5 Å². The zero-order valence-corrected chi connectivity index (χ0v) is 19.3. The molecule has 1 heterocycles. The van der Waals surface area contributed by atoms with Gasteiger partial charge in [0.1, 0.15) is 12.1 Å². The van der Waals surface area contributed by atoms with Crippen molar-refractivity contribution in [1.82, 2.24) is 10.2 Å². The Labute approximate surface area is 201 Å². The van der Waals surface area contributed by atoms with Crippen LogP contribution in [-0.2, 0) is 21.7 Å². The molecule has 1 aliphatic rings. The summed E-state index contributed by atoms with van der Waals surface area (Å²) in [6, 6.07) is 22.7. The number of imide groups is 1.